The topological polar surface area (TPSA) is 29.1 Å². The maximum Gasteiger partial charge on any atom is 0.231 e. The lowest BCUT2D eigenvalue weighted by molar-refractivity contribution is -0.118. The second-order valence-electron chi connectivity index (χ2n) is 4.36. The van der Waals surface area contributed by atoms with E-state index in [9.17, 15) is 4.79 Å². The van der Waals surface area contributed by atoms with Crippen LogP contribution in [0.3, 0.4) is 0 Å². The molecular weight excluding hydrogens is 337 g/mol. The summed E-state index contributed by atoms with van der Waals surface area (Å²) in [5.74, 6) is -0.0409. The summed E-state index contributed by atoms with van der Waals surface area (Å²) in [7, 11) is 0. The predicted molar refractivity (Wildman–Crippen MR) is 85.9 cm³/mol. The molecule has 1 atom stereocenters. The molecule has 2 nitrogen and oxygen atoms in total. The fraction of sp³-hybridized carbons (Fsp3) is 0.400. The number of nitrogens with one attached hydrogen (secondary N) is 1. The van der Waals surface area contributed by atoms with E-state index in [0.29, 0.717) is 0 Å². The maximum absolute atomic E-state index is 12.0. The molecule has 18 heavy (non-hydrogen) atoms. The molecule has 0 spiro atoms. The summed E-state index contributed by atoms with van der Waals surface area (Å²) in [6, 6.07) is 9.57. The van der Waals surface area contributed by atoms with Gasteiger partial charge in [-0.1, -0.05) is 44.5 Å². The Hall–Kier alpha value is -0.840. The summed E-state index contributed by atoms with van der Waals surface area (Å²) in [5.41, 5.74) is 0.853. The van der Waals surface area contributed by atoms with E-state index in [1.54, 1.807) is 0 Å². The molecule has 1 aromatic rings. The van der Waals surface area contributed by atoms with Crippen molar-refractivity contribution in [2.75, 3.05) is 5.32 Å². The minimum Gasteiger partial charge on any atom is -0.326 e. The molecule has 1 N–H and O–H groups in total. The number of allylic oxidation sites excluding steroid dienone is 1. The van der Waals surface area contributed by atoms with E-state index in [1.165, 1.54) is 16.4 Å². The number of halogens is 1. The van der Waals surface area contributed by atoms with Crippen LogP contribution in [0, 0.1) is 5.92 Å². The molecule has 1 aromatic carbocycles. The van der Waals surface area contributed by atoms with Gasteiger partial charge in [0.15, 0.2) is 0 Å². The molecule has 0 radical (unpaired) electrons. The van der Waals surface area contributed by atoms with Crippen LogP contribution >= 0.6 is 22.6 Å². The van der Waals surface area contributed by atoms with Crippen molar-refractivity contribution in [3.05, 3.63) is 40.0 Å². The van der Waals surface area contributed by atoms with E-state index in [0.717, 1.165) is 12.1 Å². The van der Waals surface area contributed by atoms with Crippen molar-refractivity contribution < 1.29 is 4.79 Å². The number of unbranched alkanes of at least 4 members (excludes halogenated alkanes) is 1. The zero-order valence-corrected chi connectivity index (χ0v) is 13.1. The Morgan fingerprint density at radius 1 is 1.39 bits per heavy atom. The summed E-state index contributed by atoms with van der Waals surface area (Å²) >= 11 is 2.33. The number of carbonyl (C=O) groups is 1. The molecule has 0 saturated carbocycles. The van der Waals surface area contributed by atoms with Crippen LogP contribution in [0.1, 0.15) is 33.1 Å². The molecule has 1 rings (SSSR count). The second-order valence-corrected chi connectivity index (χ2v) is 5.75. The molecule has 0 bridgehead atoms. The number of hydrogen-bond donors (Lipinski definition) is 1. The summed E-state index contributed by atoms with van der Waals surface area (Å²) < 4.78 is 1.27. The molecule has 0 aliphatic carbocycles. The molecule has 0 fully saturated rings. The van der Waals surface area contributed by atoms with Crippen molar-refractivity contribution >= 4 is 34.2 Å². The Labute approximate surface area is 123 Å². The van der Waals surface area contributed by atoms with Gasteiger partial charge in [-0.3, -0.25) is 4.79 Å². The van der Waals surface area contributed by atoms with Crippen LogP contribution in [0.15, 0.2) is 40.0 Å². The number of para-hydroxylation sites is 1. The van der Waals surface area contributed by atoms with Crippen LogP contribution in [0.4, 0.5) is 5.69 Å². The van der Waals surface area contributed by atoms with Crippen molar-refractivity contribution in [1.29, 1.82) is 0 Å². The average molecular weight is 357 g/mol. The SMILES string of the molecule is CCCC/C(I)=C/C(C)C(=O)Nc1ccccc1. The predicted octanol–water partition coefficient (Wildman–Crippen LogP) is 4.77. The van der Waals surface area contributed by atoms with Gasteiger partial charge in [-0.2, -0.15) is 0 Å². The summed E-state index contributed by atoms with van der Waals surface area (Å²) in [6.45, 7) is 4.11. The van der Waals surface area contributed by atoms with Crippen molar-refractivity contribution in [1.82, 2.24) is 0 Å². The zero-order valence-electron chi connectivity index (χ0n) is 10.9. The first kappa shape index (κ1) is 15.2. The lowest BCUT2D eigenvalue weighted by Crippen LogP contribution is -2.18. The van der Waals surface area contributed by atoms with Crippen LogP contribution in [0.25, 0.3) is 0 Å². The van der Waals surface area contributed by atoms with Gasteiger partial charge in [-0.05, 0) is 51.1 Å². The highest BCUT2D eigenvalue weighted by Crippen LogP contribution is 2.18. The quantitative estimate of drug-likeness (QED) is 0.730. The van der Waals surface area contributed by atoms with Gasteiger partial charge in [0.05, 0.1) is 5.92 Å². The van der Waals surface area contributed by atoms with Gasteiger partial charge in [0.1, 0.15) is 0 Å². The highest BCUT2D eigenvalue weighted by atomic mass is 127. The molecule has 0 aliphatic rings. The summed E-state index contributed by atoms with van der Waals surface area (Å²) in [6.07, 6.45) is 5.49. The molecule has 0 aromatic heterocycles. The molecular formula is C15H20INO. The van der Waals surface area contributed by atoms with Gasteiger partial charge in [-0.15, -0.1) is 0 Å². The minimum atomic E-state index is -0.0889. The number of hydrogen-bond acceptors (Lipinski definition) is 1. The van der Waals surface area contributed by atoms with Crippen molar-refractivity contribution in [2.45, 2.75) is 33.1 Å². The van der Waals surface area contributed by atoms with Gasteiger partial charge in [0.25, 0.3) is 0 Å². The third-order valence-electron chi connectivity index (χ3n) is 2.65. The van der Waals surface area contributed by atoms with E-state index in [2.05, 4.69) is 40.9 Å². The monoisotopic (exact) mass is 357 g/mol. The molecule has 0 aliphatic heterocycles. The maximum atomic E-state index is 12.0. The van der Waals surface area contributed by atoms with Crippen LogP contribution in [0.5, 0.6) is 0 Å². The molecule has 3 heteroatoms. The fourth-order valence-electron chi connectivity index (χ4n) is 1.55. The standard InChI is InChI=1S/C15H20INO/c1-3-4-8-13(16)11-12(2)15(18)17-14-9-6-5-7-10-14/h5-7,9-12H,3-4,8H2,1-2H3,(H,17,18)/b13-11-. The van der Waals surface area contributed by atoms with E-state index in [4.69, 9.17) is 0 Å². The minimum absolute atomic E-state index is 0.0480. The fourth-order valence-corrected chi connectivity index (χ4v) is 2.47. The Morgan fingerprint density at radius 2 is 2.06 bits per heavy atom. The number of amides is 1. The molecule has 98 valence electrons. The molecule has 1 amide bonds. The van der Waals surface area contributed by atoms with Crippen LogP contribution in [0.2, 0.25) is 0 Å². The normalized spacial score (nSPS) is 13.2. The average Bonchev–Trinajstić information content (AvgIpc) is 2.37. The Balaban J connectivity index is 2.51. The lowest BCUT2D eigenvalue weighted by atomic mass is 10.1. The van der Waals surface area contributed by atoms with E-state index in [-0.39, 0.29) is 11.8 Å². The van der Waals surface area contributed by atoms with E-state index < -0.39 is 0 Å². The van der Waals surface area contributed by atoms with Crippen molar-refractivity contribution in [3.8, 4) is 0 Å². The van der Waals surface area contributed by atoms with Gasteiger partial charge in [0, 0.05) is 5.69 Å². The molecule has 0 heterocycles. The second kappa shape index (κ2) is 8.29. The third kappa shape index (κ3) is 5.67. The van der Waals surface area contributed by atoms with Crippen LogP contribution < -0.4 is 5.32 Å². The number of rotatable bonds is 6. The van der Waals surface area contributed by atoms with E-state index in [1.807, 2.05) is 37.3 Å². The Morgan fingerprint density at radius 3 is 2.67 bits per heavy atom. The summed E-state index contributed by atoms with van der Waals surface area (Å²) in [5, 5.41) is 2.92. The van der Waals surface area contributed by atoms with Gasteiger partial charge in [-0.25, -0.2) is 0 Å². The summed E-state index contributed by atoms with van der Waals surface area (Å²) in [4.78, 5) is 12.0. The molecule has 1 unspecified atom stereocenters. The van der Waals surface area contributed by atoms with E-state index >= 15 is 0 Å². The number of benzene rings is 1. The smallest absolute Gasteiger partial charge is 0.231 e. The number of carbonyl (C=O) groups excluding carboxylic acids is 1. The largest absolute Gasteiger partial charge is 0.326 e. The third-order valence-corrected chi connectivity index (χ3v) is 3.55. The Bertz CT molecular complexity index is 400. The molecule has 0 saturated heterocycles. The van der Waals surface area contributed by atoms with Gasteiger partial charge < -0.3 is 5.32 Å². The van der Waals surface area contributed by atoms with Crippen molar-refractivity contribution in [3.63, 3.8) is 0 Å². The van der Waals surface area contributed by atoms with Gasteiger partial charge in [0.2, 0.25) is 5.91 Å². The first-order valence-electron chi connectivity index (χ1n) is 6.35. The van der Waals surface area contributed by atoms with Crippen LogP contribution in [-0.4, -0.2) is 5.91 Å². The highest BCUT2D eigenvalue weighted by Gasteiger charge is 2.10. The first-order chi connectivity index (χ1) is 8.63. The zero-order chi connectivity index (χ0) is 13.4. The van der Waals surface area contributed by atoms with Crippen LogP contribution in [-0.2, 0) is 4.79 Å². The Kier molecular flexibility index (Phi) is 7.01. The lowest BCUT2D eigenvalue weighted by Gasteiger charge is -2.09. The number of anilines is 1. The van der Waals surface area contributed by atoms with Gasteiger partial charge >= 0.3 is 0 Å². The first-order valence-corrected chi connectivity index (χ1v) is 7.43. The highest BCUT2D eigenvalue weighted by molar-refractivity contribution is 14.1. The van der Waals surface area contributed by atoms with Crippen molar-refractivity contribution in [2.24, 2.45) is 5.92 Å².